The van der Waals surface area contributed by atoms with Crippen molar-refractivity contribution < 1.29 is 0 Å². The third-order valence-electron chi connectivity index (χ3n) is 4.83. The second-order valence-electron chi connectivity index (χ2n) is 6.88. The Morgan fingerprint density at radius 3 is 2.61 bits per heavy atom. The number of anilines is 1. The maximum atomic E-state index is 12.1. The third-order valence-corrected chi connectivity index (χ3v) is 5.25. The quantitative estimate of drug-likeness (QED) is 0.512. The molecule has 1 N–H and O–H groups in total. The summed E-state index contributed by atoms with van der Waals surface area (Å²) in [5.41, 5.74) is 7.03. The minimum Gasteiger partial charge on any atom is -0.328 e. The van der Waals surface area contributed by atoms with Crippen LogP contribution in [0.1, 0.15) is 11.1 Å². The Morgan fingerprint density at radius 2 is 1.89 bits per heavy atom. The van der Waals surface area contributed by atoms with Crippen molar-refractivity contribution in [3.8, 4) is 11.1 Å². The van der Waals surface area contributed by atoms with Gasteiger partial charge in [0.25, 0.3) is 5.56 Å². The summed E-state index contributed by atoms with van der Waals surface area (Å²) in [5.74, 6) is 0. The second-order valence-corrected chi connectivity index (χ2v) is 7.50. The lowest BCUT2D eigenvalue weighted by Gasteiger charge is -2.12. The number of nitrogens with zero attached hydrogens (tertiary/aromatic N) is 3. The second kappa shape index (κ2) is 7.56. The molecular weight excluding hydrogens is 368 g/mol. The molecule has 0 amide bonds. The molecule has 0 unspecified atom stereocenters. The maximum absolute atomic E-state index is 12.1. The van der Waals surface area contributed by atoms with Gasteiger partial charge >= 0.3 is 0 Å². The first kappa shape index (κ1) is 18.4. The summed E-state index contributed by atoms with van der Waals surface area (Å²) in [7, 11) is 1.79. The molecule has 28 heavy (non-hydrogen) atoms. The Kier molecular flexibility index (Phi) is 4.96. The van der Waals surface area contributed by atoms with Gasteiger partial charge in [0.1, 0.15) is 5.52 Å². The first-order valence-electron chi connectivity index (χ1n) is 9.06. The molecule has 0 fully saturated rings. The average Bonchev–Trinajstić information content (AvgIpc) is 3.10. The molecule has 6 heteroatoms. The van der Waals surface area contributed by atoms with E-state index in [4.69, 9.17) is 0 Å². The standard InChI is InChI=1S/C22H22N4OS/c1-15-9-18(13-25(2)22(15)27)17-10-19(24-28-3)21-20(11-17)26(14-23-21)12-16-7-5-4-6-8-16/h4-11,13-14,24H,12H2,1-3H3. The van der Waals surface area contributed by atoms with Crippen LogP contribution in [-0.2, 0) is 13.6 Å². The van der Waals surface area contributed by atoms with E-state index in [2.05, 4.69) is 38.5 Å². The summed E-state index contributed by atoms with van der Waals surface area (Å²) in [4.78, 5) is 16.7. The van der Waals surface area contributed by atoms with Crippen molar-refractivity contribution in [3.63, 3.8) is 0 Å². The Morgan fingerprint density at radius 1 is 1.11 bits per heavy atom. The molecular formula is C22H22N4OS. The van der Waals surface area contributed by atoms with Crippen molar-refractivity contribution in [3.05, 3.63) is 82.5 Å². The van der Waals surface area contributed by atoms with Crippen LogP contribution in [0.15, 0.2) is 65.8 Å². The van der Waals surface area contributed by atoms with Crippen LogP contribution in [0.2, 0.25) is 0 Å². The van der Waals surface area contributed by atoms with Crippen LogP contribution < -0.4 is 10.3 Å². The molecule has 0 bridgehead atoms. The van der Waals surface area contributed by atoms with Crippen LogP contribution in [0.25, 0.3) is 22.2 Å². The first-order valence-corrected chi connectivity index (χ1v) is 10.3. The van der Waals surface area contributed by atoms with E-state index in [1.165, 1.54) is 5.56 Å². The highest BCUT2D eigenvalue weighted by atomic mass is 32.2. The van der Waals surface area contributed by atoms with Crippen molar-refractivity contribution in [2.75, 3.05) is 11.0 Å². The highest BCUT2D eigenvalue weighted by Crippen LogP contribution is 2.31. The van der Waals surface area contributed by atoms with Crippen LogP contribution >= 0.6 is 11.9 Å². The van der Waals surface area contributed by atoms with Crippen molar-refractivity contribution >= 4 is 28.7 Å². The number of aromatic nitrogens is 3. The predicted molar refractivity (Wildman–Crippen MR) is 118 cm³/mol. The number of benzene rings is 2. The first-order chi connectivity index (χ1) is 13.6. The Labute approximate surface area is 168 Å². The molecule has 0 aliphatic rings. The highest BCUT2D eigenvalue weighted by Gasteiger charge is 2.13. The Bertz CT molecular complexity index is 1170. The van der Waals surface area contributed by atoms with E-state index < -0.39 is 0 Å². The number of rotatable bonds is 5. The van der Waals surface area contributed by atoms with E-state index in [1.54, 1.807) is 23.6 Å². The van der Waals surface area contributed by atoms with Crippen LogP contribution in [0.5, 0.6) is 0 Å². The molecule has 0 aliphatic carbocycles. The predicted octanol–water partition coefficient (Wildman–Crippen LogP) is 4.45. The number of hydrogen-bond donors (Lipinski definition) is 1. The van der Waals surface area contributed by atoms with E-state index in [0.29, 0.717) is 0 Å². The van der Waals surface area contributed by atoms with Crippen LogP contribution in [-0.4, -0.2) is 20.4 Å². The number of hydrogen-bond acceptors (Lipinski definition) is 4. The molecule has 142 valence electrons. The molecule has 5 nitrogen and oxygen atoms in total. The van der Waals surface area contributed by atoms with E-state index in [-0.39, 0.29) is 5.56 Å². The highest BCUT2D eigenvalue weighted by molar-refractivity contribution is 7.99. The summed E-state index contributed by atoms with van der Waals surface area (Å²) < 4.78 is 7.15. The van der Waals surface area contributed by atoms with Gasteiger partial charge in [-0.3, -0.25) is 4.79 Å². The molecule has 0 radical (unpaired) electrons. The topological polar surface area (TPSA) is 51.9 Å². The van der Waals surface area contributed by atoms with Crippen LogP contribution in [0.4, 0.5) is 5.69 Å². The maximum Gasteiger partial charge on any atom is 0.253 e. The summed E-state index contributed by atoms with van der Waals surface area (Å²) in [6.45, 7) is 2.61. The van der Waals surface area contributed by atoms with E-state index in [9.17, 15) is 4.79 Å². The summed E-state index contributed by atoms with van der Waals surface area (Å²) >= 11 is 1.54. The molecule has 0 aliphatic heterocycles. The number of pyridine rings is 1. The van der Waals surface area contributed by atoms with Crippen LogP contribution in [0, 0.1) is 6.92 Å². The zero-order valence-corrected chi connectivity index (χ0v) is 17.0. The van der Waals surface area contributed by atoms with Gasteiger partial charge in [-0.25, -0.2) is 4.98 Å². The van der Waals surface area contributed by atoms with Crippen LogP contribution in [0.3, 0.4) is 0 Å². The largest absolute Gasteiger partial charge is 0.328 e. The van der Waals surface area contributed by atoms with Crippen molar-refractivity contribution in [2.24, 2.45) is 7.05 Å². The van der Waals surface area contributed by atoms with Gasteiger partial charge in [0.15, 0.2) is 0 Å². The molecule has 4 aromatic rings. The number of nitrogens with one attached hydrogen (secondary N) is 1. The lowest BCUT2D eigenvalue weighted by molar-refractivity contribution is 0.824. The van der Waals surface area contributed by atoms with Crippen molar-refractivity contribution in [1.29, 1.82) is 0 Å². The molecule has 4 rings (SSSR count). The summed E-state index contributed by atoms with van der Waals surface area (Å²) in [5, 5.41) is 0. The normalized spacial score (nSPS) is 11.1. The fourth-order valence-corrected chi connectivity index (χ4v) is 3.84. The van der Waals surface area contributed by atoms with Gasteiger partial charge < -0.3 is 13.9 Å². The minimum absolute atomic E-state index is 0.0291. The Hall–Kier alpha value is -2.99. The van der Waals surface area contributed by atoms with Crippen molar-refractivity contribution in [2.45, 2.75) is 13.5 Å². The summed E-state index contributed by atoms with van der Waals surface area (Å²) in [6.07, 6.45) is 5.77. The Balaban J connectivity index is 1.88. The third kappa shape index (κ3) is 3.43. The zero-order chi connectivity index (χ0) is 19.7. The molecule has 0 saturated carbocycles. The van der Waals surface area contributed by atoms with E-state index in [1.807, 2.05) is 50.0 Å². The molecule has 2 aromatic carbocycles. The lowest BCUT2D eigenvalue weighted by atomic mass is 10.0. The average molecular weight is 391 g/mol. The van der Waals surface area contributed by atoms with Gasteiger partial charge in [-0.15, -0.1) is 0 Å². The number of aryl methyl sites for hydroxylation is 2. The fraction of sp³-hybridized carbons (Fsp3) is 0.182. The van der Waals surface area contributed by atoms with Gasteiger partial charge in [-0.2, -0.15) is 0 Å². The number of imidazole rings is 1. The van der Waals surface area contributed by atoms with Gasteiger partial charge in [0.05, 0.1) is 17.5 Å². The monoisotopic (exact) mass is 390 g/mol. The smallest absolute Gasteiger partial charge is 0.253 e. The van der Waals surface area contributed by atoms with Gasteiger partial charge in [0, 0.05) is 31.6 Å². The van der Waals surface area contributed by atoms with Crippen molar-refractivity contribution in [1.82, 2.24) is 14.1 Å². The lowest BCUT2D eigenvalue weighted by Crippen LogP contribution is -2.18. The van der Waals surface area contributed by atoms with E-state index >= 15 is 0 Å². The molecule has 0 saturated heterocycles. The zero-order valence-electron chi connectivity index (χ0n) is 16.1. The fourth-order valence-electron chi connectivity index (χ4n) is 3.46. The SMILES string of the molecule is CSNc1cc(-c2cc(C)c(=O)n(C)c2)cc2c1ncn2Cc1ccccc1. The molecule has 2 aromatic heterocycles. The van der Waals surface area contributed by atoms with Gasteiger partial charge in [-0.1, -0.05) is 42.3 Å². The minimum atomic E-state index is 0.0291. The molecule has 0 spiro atoms. The van der Waals surface area contributed by atoms with Gasteiger partial charge in [-0.05, 0) is 41.8 Å². The number of fused-ring (bicyclic) bond motifs is 1. The van der Waals surface area contributed by atoms with Gasteiger partial charge in [0.2, 0.25) is 0 Å². The van der Waals surface area contributed by atoms with E-state index in [0.717, 1.165) is 40.0 Å². The molecule has 2 heterocycles. The molecule has 0 atom stereocenters. The summed E-state index contributed by atoms with van der Waals surface area (Å²) in [6, 6.07) is 16.6.